The minimum Gasteiger partial charge on any atom is -0.497 e. The number of hydrogen-bond donors (Lipinski definition) is 0. The first-order valence-corrected chi connectivity index (χ1v) is 26.0. The Balaban J connectivity index is 1.40. The first kappa shape index (κ1) is 57.5. The molecule has 3 heterocycles. The van der Waals surface area contributed by atoms with Crippen molar-refractivity contribution < 1.29 is 95.0 Å². The van der Waals surface area contributed by atoms with Crippen molar-refractivity contribution >= 4 is 23.9 Å². The number of benzene rings is 6. The van der Waals surface area contributed by atoms with Gasteiger partial charge in [-0.1, -0.05) is 42.5 Å². The van der Waals surface area contributed by atoms with E-state index in [-0.39, 0.29) is 51.6 Å². The van der Waals surface area contributed by atoms with E-state index in [9.17, 15) is 19.2 Å². The first-order valence-electron chi connectivity index (χ1n) is 26.0. The van der Waals surface area contributed by atoms with Crippen LogP contribution < -0.4 is 56.8 Å². The van der Waals surface area contributed by atoms with Crippen molar-refractivity contribution in [2.24, 2.45) is 0 Å². The summed E-state index contributed by atoms with van der Waals surface area (Å²) in [5.74, 6) is -1.66. The Kier molecular flexibility index (Phi) is 17.0. The van der Waals surface area contributed by atoms with Crippen LogP contribution in [0.5, 0.6) is 69.0 Å². The molecule has 82 heavy (non-hydrogen) atoms. The molecule has 6 aromatic carbocycles. The Morgan fingerprint density at radius 3 is 1.04 bits per heavy atom. The molecule has 0 bridgehead atoms. The summed E-state index contributed by atoms with van der Waals surface area (Å²) in [6.07, 6.45) is -8.29. The maximum Gasteiger partial charge on any atom is 0.303 e. The van der Waals surface area contributed by atoms with E-state index in [4.69, 9.17) is 75.8 Å². The van der Waals surface area contributed by atoms with Crippen LogP contribution in [0.3, 0.4) is 0 Å². The van der Waals surface area contributed by atoms with Gasteiger partial charge in [-0.05, 0) is 71.3 Å². The van der Waals surface area contributed by atoms with Gasteiger partial charge in [0.1, 0.15) is 17.2 Å². The lowest BCUT2D eigenvalue weighted by Gasteiger charge is -2.43. The number of methoxy groups -OCH3 is 9. The fraction of sp³-hybridized carbons (Fsp3) is 0.355. The summed E-state index contributed by atoms with van der Waals surface area (Å²) in [7, 11) is 13.4. The van der Waals surface area contributed by atoms with Gasteiger partial charge in [0.25, 0.3) is 0 Å². The highest BCUT2D eigenvalue weighted by Gasteiger charge is 2.53. The summed E-state index contributed by atoms with van der Waals surface area (Å²) in [4.78, 5) is 54.0. The van der Waals surface area contributed by atoms with Gasteiger partial charge in [0.15, 0.2) is 77.2 Å². The molecule has 0 radical (unpaired) electrons. The van der Waals surface area contributed by atoms with Gasteiger partial charge in [0, 0.05) is 55.5 Å². The van der Waals surface area contributed by atoms with Gasteiger partial charge in [-0.3, -0.25) is 19.2 Å². The zero-order chi connectivity index (χ0) is 58.7. The molecule has 20 nitrogen and oxygen atoms in total. The van der Waals surface area contributed by atoms with Gasteiger partial charge in [-0.15, -0.1) is 0 Å². The fourth-order valence-electron chi connectivity index (χ4n) is 11.3. The van der Waals surface area contributed by atoms with Gasteiger partial charge in [-0.25, -0.2) is 0 Å². The third-order valence-corrected chi connectivity index (χ3v) is 14.6. The van der Waals surface area contributed by atoms with Crippen LogP contribution in [0.1, 0.15) is 108 Å². The molecule has 6 aromatic rings. The second kappa shape index (κ2) is 24.3. The van der Waals surface area contributed by atoms with Gasteiger partial charge in [-0.2, -0.15) is 0 Å². The molecule has 0 saturated carbocycles. The number of rotatable bonds is 18. The van der Waals surface area contributed by atoms with Crippen molar-refractivity contribution in [2.75, 3.05) is 64.0 Å². The highest BCUT2D eigenvalue weighted by Crippen LogP contribution is 2.63. The summed E-state index contributed by atoms with van der Waals surface area (Å²) < 4.78 is 100. The highest BCUT2D eigenvalue weighted by molar-refractivity contribution is 5.74. The van der Waals surface area contributed by atoms with Gasteiger partial charge in [0.2, 0.25) is 17.2 Å². The van der Waals surface area contributed by atoms with Crippen LogP contribution in [-0.2, 0) is 38.1 Å². The molecule has 0 N–H and O–H groups in total. The van der Waals surface area contributed by atoms with E-state index < -0.39 is 78.4 Å². The average molecular weight is 1130 g/mol. The second-order valence-electron chi connectivity index (χ2n) is 19.3. The van der Waals surface area contributed by atoms with E-state index in [1.54, 1.807) is 98.1 Å². The number of fused-ring (bicyclic) bond motifs is 3. The molecular formula is C62H64O20. The maximum absolute atomic E-state index is 13.8. The van der Waals surface area contributed by atoms with Crippen LogP contribution in [0, 0.1) is 0 Å². The molecule has 9 atom stereocenters. The molecule has 0 fully saturated rings. The molecule has 432 valence electrons. The standard InChI is InChI=1S/C62H64O20/c1-30(63)76-56-44-29-42(52(72-10)61(75-13)55(44)82-50(62(56)79-33(4)66)36-18-24-39(69-7)25-19-36)47-43-28-41(51(71-9)60(74-12)54(43)81-49(59(47)78-32(3)65)35-16-22-38(68-6)23-17-35)46-40-26-27-45(70-8)57(73-11)53(40)80-48(58(46)77-31(2)64)34-14-20-37(67-5)21-15-34/h14-29,46-50,56,58-59,62H,1-13H3. The SMILES string of the molecule is COc1ccc(C2Oc3c(cc(C4c5cc(C6c7ccc(OC)c(OC)c7OC(c7ccc(OC)cc7)C6OC(C)=O)c(OC)c(OC)c5OC(c5ccc(OC)cc5)C4OC(C)=O)c(OC)c3OC)C(OC(C)=O)C2OC(C)=O)cc1. The normalized spacial score (nSPS) is 21.1. The highest BCUT2D eigenvalue weighted by atomic mass is 16.6. The average Bonchev–Trinajstić information content (AvgIpc) is 1.30. The zero-order valence-electron chi connectivity index (χ0n) is 47.6. The summed E-state index contributed by atoms with van der Waals surface area (Å²) in [6.45, 7) is 5.05. The molecule has 3 aliphatic rings. The Morgan fingerprint density at radius 2 is 0.671 bits per heavy atom. The van der Waals surface area contributed by atoms with Crippen LogP contribution in [-0.4, -0.2) is 106 Å². The molecule has 3 aliphatic heterocycles. The minimum atomic E-state index is -1.36. The van der Waals surface area contributed by atoms with Crippen molar-refractivity contribution in [3.8, 4) is 69.0 Å². The molecule has 20 heteroatoms. The lowest BCUT2D eigenvalue weighted by atomic mass is 9.74. The summed E-state index contributed by atoms with van der Waals surface area (Å²) in [5.41, 5.74) is 3.41. The van der Waals surface area contributed by atoms with E-state index >= 15 is 0 Å². The summed E-state index contributed by atoms with van der Waals surface area (Å²) in [5, 5.41) is 0. The minimum absolute atomic E-state index is 0.0416. The van der Waals surface area contributed by atoms with Crippen LogP contribution in [0.4, 0.5) is 0 Å². The number of ether oxygens (including phenoxy) is 16. The molecule has 0 saturated heterocycles. The second-order valence-corrected chi connectivity index (χ2v) is 19.3. The van der Waals surface area contributed by atoms with Crippen molar-refractivity contribution in [1.82, 2.24) is 0 Å². The zero-order valence-corrected chi connectivity index (χ0v) is 47.6. The first-order chi connectivity index (χ1) is 39.6. The lowest BCUT2D eigenvalue weighted by Crippen LogP contribution is -2.41. The van der Waals surface area contributed by atoms with Crippen LogP contribution in [0.2, 0.25) is 0 Å². The molecule has 0 aromatic heterocycles. The number of carbonyl (C=O) groups excluding carboxylic acids is 4. The van der Waals surface area contributed by atoms with E-state index in [1.165, 1.54) is 84.6 Å². The molecular weight excluding hydrogens is 1060 g/mol. The Hall–Kier alpha value is -9.20. The quantitative estimate of drug-likeness (QED) is 0.0578. The van der Waals surface area contributed by atoms with Crippen molar-refractivity contribution in [2.45, 2.75) is 82.3 Å². The lowest BCUT2D eigenvalue weighted by molar-refractivity contribution is -0.178. The molecule has 0 amide bonds. The Bertz CT molecular complexity index is 3340. The topological polar surface area (TPSA) is 216 Å². The predicted octanol–water partition coefficient (Wildman–Crippen LogP) is 9.83. The van der Waals surface area contributed by atoms with Gasteiger partial charge in [0.05, 0.1) is 75.8 Å². The Labute approximate surface area is 474 Å². The van der Waals surface area contributed by atoms with E-state index in [2.05, 4.69) is 0 Å². The molecule has 9 unspecified atom stereocenters. The van der Waals surface area contributed by atoms with Crippen LogP contribution in [0.25, 0.3) is 0 Å². The fourth-order valence-corrected chi connectivity index (χ4v) is 11.3. The van der Waals surface area contributed by atoms with Crippen molar-refractivity contribution in [3.63, 3.8) is 0 Å². The Morgan fingerprint density at radius 1 is 0.329 bits per heavy atom. The number of esters is 4. The maximum atomic E-state index is 13.8. The molecule has 0 aliphatic carbocycles. The third kappa shape index (κ3) is 10.7. The van der Waals surface area contributed by atoms with E-state index in [0.717, 1.165) is 0 Å². The van der Waals surface area contributed by atoms with Crippen LogP contribution in [0.15, 0.2) is 97.1 Å². The van der Waals surface area contributed by atoms with Crippen LogP contribution >= 0.6 is 0 Å². The summed E-state index contributed by atoms with van der Waals surface area (Å²) >= 11 is 0. The van der Waals surface area contributed by atoms with Gasteiger partial charge < -0.3 is 75.8 Å². The van der Waals surface area contributed by atoms with Crippen molar-refractivity contribution in [3.05, 3.63) is 142 Å². The smallest absolute Gasteiger partial charge is 0.303 e. The van der Waals surface area contributed by atoms with Gasteiger partial charge >= 0.3 is 23.9 Å². The monoisotopic (exact) mass is 1130 g/mol. The number of hydrogen-bond acceptors (Lipinski definition) is 20. The molecule has 0 spiro atoms. The van der Waals surface area contributed by atoms with Crippen molar-refractivity contribution in [1.29, 1.82) is 0 Å². The molecule has 9 rings (SSSR count). The number of carbonyl (C=O) groups is 4. The largest absolute Gasteiger partial charge is 0.497 e. The summed E-state index contributed by atoms with van der Waals surface area (Å²) in [6, 6.07) is 28.1. The third-order valence-electron chi connectivity index (χ3n) is 14.6. The predicted molar refractivity (Wildman–Crippen MR) is 293 cm³/mol. The van der Waals surface area contributed by atoms with E-state index in [0.29, 0.717) is 61.9 Å². The van der Waals surface area contributed by atoms with E-state index in [1.807, 2.05) is 6.07 Å².